The van der Waals surface area contributed by atoms with Gasteiger partial charge in [0.2, 0.25) is 0 Å². The van der Waals surface area contributed by atoms with Gasteiger partial charge < -0.3 is 5.11 Å². The summed E-state index contributed by atoms with van der Waals surface area (Å²) in [4.78, 5) is 32.1. The summed E-state index contributed by atoms with van der Waals surface area (Å²) in [5.41, 5.74) is 2.25. The number of hydrogen-bond acceptors (Lipinski definition) is 6. The van der Waals surface area contributed by atoms with E-state index in [0.717, 1.165) is 11.3 Å². The number of carbonyl (C=O) groups is 1. The molecule has 0 amide bonds. The summed E-state index contributed by atoms with van der Waals surface area (Å²) in [6.07, 6.45) is 8.31. The van der Waals surface area contributed by atoms with Crippen LogP contribution in [0.3, 0.4) is 0 Å². The second kappa shape index (κ2) is 5.91. The maximum Gasteiger partial charge on any atom is 0.356 e. The van der Waals surface area contributed by atoms with Crippen LogP contribution in [0.5, 0.6) is 0 Å². The number of aromatic nitrogens is 6. The average molecular weight is 310 g/mol. The normalized spacial score (nSPS) is 10.7. The van der Waals surface area contributed by atoms with Crippen LogP contribution < -0.4 is 0 Å². The van der Waals surface area contributed by atoms with Gasteiger partial charge in [0.25, 0.3) is 0 Å². The fourth-order valence-corrected chi connectivity index (χ4v) is 2.29. The van der Waals surface area contributed by atoms with Crippen molar-refractivity contribution in [1.82, 2.24) is 29.5 Å². The lowest BCUT2D eigenvalue weighted by Gasteiger charge is -2.12. The predicted octanol–water partition coefficient (Wildman–Crippen LogP) is 1.69. The zero-order chi connectivity index (χ0) is 16.4. The van der Waals surface area contributed by atoms with Crippen LogP contribution >= 0.6 is 0 Å². The van der Waals surface area contributed by atoms with Gasteiger partial charge in [0, 0.05) is 29.8 Å². The molecular formula is C15H14N6O2. The first-order valence-corrected chi connectivity index (χ1v) is 7.01. The fraction of sp³-hybridized carbons (Fsp3) is 0.200. The Balaban J connectivity index is 2.17. The van der Waals surface area contributed by atoms with Gasteiger partial charge in [0.05, 0.1) is 6.20 Å². The second-order valence-electron chi connectivity index (χ2n) is 4.85. The Kier molecular flexibility index (Phi) is 3.80. The van der Waals surface area contributed by atoms with E-state index in [1.807, 2.05) is 13.8 Å². The summed E-state index contributed by atoms with van der Waals surface area (Å²) in [6.45, 7) is 3.88. The molecule has 8 nitrogen and oxygen atoms in total. The first-order chi connectivity index (χ1) is 11.1. The minimum atomic E-state index is -1.08. The smallest absolute Gasteiger partial charge is 0.356 e. The summed E-state index contributed by atoms with van der Waals surface area (Å²) < 4.78 is 1.59. The first kappa shape index (κ1) is 14.8. The fourth-order valence-electron chi connectivity index (χ4n) is 2.29. The van der Waals surface area contributed by atoms with Gasteiger partial charge in [-0.2, -0.15) is 0 Å². The van der Waals surface area contributed by atoms with E-state index >= 15 is 0 Å². The highest BCUT2D eigenvalue weighted by molar-refractivity contribution is 5.85. The number of imidazole rings is 1. The number of nitrogens with zero attached hydrogens (tertiary/aromatic N) is 6. The quantitative estimate of drug-likeness (QED) is 0.781. The van der Waals surface area contributed by atoms with Crippen LogP contribution in [0.1, 0.15) is 28.7 Å². The number of carboxylic acids is 1. The van der Waals surface area contributed by atoms with Gasteiger partial charge >= 0.3 is 5.97 Å². The van der Waals surface area contributed by atoms with Crippen LogP contribution in [0.4, 0.5) is 0 Å². The zero-order valence-electron chi connectivity index (χ0n) is 12.6. The largest absolute Gasteiger partial charge is 0.476 e. The van der Waals surface area contributed by atoms with Crippen molar-refractivity contribution in [3.05, 3.63) is 48.1 Å². The molecule has 116 valence electrons. The highest BCUT2D eigenvalue weighted by Crippen LogP contribution is 2.20. The Labute approximate surface area is 131 Å². The maximum atomic E-state index is 11.0. The van der Waals surface area contributed by atoms with Crippen LogP contribution in [-0.2, 0) is 6.42 Å². The molecule has 23 heavy (non-hydrogen) atoms. The molecule has 0 saturated carbocycles. The zero-order valence-corrected chi connectivity index (χ0v) is 12.6. The van der Waals surface area contributed by atoms with Gasteiger partial charge in [-0.1, -0.05) is 6.92 Å². The number of rotatable bonds is 4. The number of aryl methyl sites for hydroxylation is 1. The average Bonchev–Trinajstić information content (AvgIpc) is 3.05. The summed E-state index contributed by atoms with van der Waals surface area (Å²) in [5, 5.41) is 9.03. The molecule has 0 aliphatic carbocycles. The minimum absolute atomic E-state index is 0.0376. The van der Waals surface area contributed by atoms with E-state index in [1.54, 1.807) is 23.2 Å². The molecule has 3 aromatic rings. The van der Waals surface area contributed by atoms with E-state index in [1.165, 1.54) is 12.5 Å². The third-order valence-electron chi connectivity index (χ3n) is 3.38. The Morgan fingerprint density at radius 1 is 1.26 bits per heavy atom. The molecule has 3 aromatic heterocycles. The van der Waals surface area contributed by atoms with Crippen LogP contribution in [0, 0.1) is 6.92 Å². The molecule has 0 atom stereocenters. The maximum absolute atomic E-state index is 11.0. The lowest BCUT2D eigenvalue weighted by atomic mass is 10.1. The van der Waals surface area contributed by atoms with E-state index < -0.39 is 5.97 Å². The topological polar surface area (TPSA) is 107 Å². The lowest BCUT2D eigenvalue weighted by Crippen LogP contribution is -2.07. The molecule has 0 bridgehead atoms. The summed E-state index contributed by atoms with van der Waals surface area (Å²) in [5.74, 6) is -0.0456. The van der Waals surface area contributed by atoms with Gasteiger partial charge in [-0.15, -0.1) is 0 Å². The molecule has 0 fully saturated rings. The van der Waals surface area contributed by atoms with Crippen LogP contribution in [-0.4, -0.2) is 40.6 Å². The van der Waals surface area contributed by atoms with E-state index in [-0.39, 0.29) is 5.69 Å². The molecule has 0 spiro atoms. The molecule has 0 unspecified atom stereocenters. The van der Waals surface area contributed by atoms with Crippen LogP contribution in [0.2, 0.25) is 0 Å². The van der Waals surface area contributed by atoms with Crippen LogP contribution in [0.25, 0.3) is 17.3 Å². The van der Waals surface area contributed by atoms with Crippen molar-refractivity contribution in [3.8, 4) is 17.3 Å². The van der Waals surface area contributed by atoms with Crippen molar-refractivity contribution >= 4 is 5.97 Å². The van der Waals surface area contributed by atoms with Crippen molar-refractivity contribution in [1.29, 1.82) is 0 Å². The van der Waals surface area contributed by atoms with Crippen molar-refractivity contribution < 1.29 is 9.90 Å². The number of hydrogen-bond donors (Lipinski definition) is 1. The Hall–Kier alpha value is -3.16. The van der Waals surface area contributed by atoms with Gasteiger partial charge in [-0.3, -0.25) is 9.55 Å². The van der Waals surface area contributed by atoms with Crippen molar-refractivity contribution in [2.45, 2.75) is 20.3 Å². The van der Waals surface area contributed by atoms with Gasteiger partial charge in [-0.05, 0) is 13.3 Å². The molecule has 0 aliphatic rings. The molecule has 0 aliphatic heterocycles. The molecule has 3 heterocycles. The molecule has 0 aromatic carbocycles. The van der Waals surface area contributed by atoms with Crippen molar-refractivity contribution in [3.63, 3.8) is 0 Å². The molecule has 8 heteroatoms. The third-order valence-corrected chi connectivity index (χ3v) is 3.38. The highest BCUT2D eigenvalue weighted by atomic mass is 16.4. The third kappa shape index (κ3) is 2.78. The summed E-state index contributed by atoms with van der Waals surface area (Å²) in [6, 6.07) is 0. The molecule has 3 rings (SSSR count). The van der Waals surface area contributed by atoms with Crippen LogP contribution in [0.15, 0.2) is 31.1 Å². The molecular weight excluding hydrogens is 296 g/mol. The SMILES string of the molecule is CCc1c(C)nc(-c2cnccn2)nc1-n1cnc(C(=O)O)c1. The van der Waals surface area contributed by atoms with Gasteiger partial charge in [0.15, 0.2) is 11.5 Å². The molecule has 0 saturated heterocycles. The van der Waals surface area contributed by atoms with Gasteiger partial charge in [-0.25, -0.2) is 24.7 Å². The van der Waals surface area contributed by atoms with E-state index in [4.69, 9.17) is 5.11 Å². The summed E-state index contributed by atoms with van der Waals surface area (Å²) in [7, 11) is 0. The Bertz CT molecular complexity index is 860. The lowest BCUT2D eigenvalue weighted by molar-refractivity contribution is 0.0691. The van der Waals surface area contributed by atoms with E-state index in [2.05, 4.69) is 24.9 Å². The molecule has 1 N–H and O–H groups in total. The Morgan fingerprint density at radius 3 is 2.70 bits per heavy atom. The van der Waals surface area contributed by atoms with Crippen molar-refractivity contribution in [2.75, 3.05) is 0 Å². The highest BCUT2D eigenvalue weighted by Gasteiger charge is 2.16. The predicted molar refractivity (Wildman–Crippen MR) is 81.3 cm³/mol. The van der Waals surface area contributed by atoms with Gasteiger partial charge in [0.1, 0.15) is 17.8 Å². The van der Waals surface area contributed by atoms with Crippen molar-refractivity contribution in [2.24, 2.45) is 0 Å². The second-order valence-corrected chi connectivity index (χ2v) is 4.85. The number of carboxylic acid groups (broad SMARTS) is 1. The number of aromatic carboxylic acids is 1. The van der Waals surface area contributed by atoms with E-state index in [9.17, 15) is 4.79 Å². The Morgan fingerprint density at radius 2 is 2.09 bits per heavy atom. The molecule has 0 radical (unpaired) electrons. The first-order valence-electron chi connectivity index (χ1n) is 7.01. The van der Waals surface area contributed by atoms with E-state index in [0.29, 0.717) is 23.8 Å². The monoisotopic (exact) mass is 310 g/mol. The minimum Gasteiger partial charge on any atom is -0.476 e. The standard InChI is InChI=1S/C15H14N6O2/c1-3-10-9(2)19-13(11-6-16-4-5-17-11)20-14(10)21-7-12(15(22)23)18-8-21/h4-8H,3H2,1-2H3,(H,22,23). The summed E-state index contributed by atoms with van der Waals surface area (Å²) >= 11 is 0.